The van der Waals surface area contributed by atoms with Crippen LogP contribution in [0.15, 0.2) is 36.5 Å². The number of ketones is 1. The third-order valence-electron chi connectivity index (χ3n) is 5.38. The number of amides is 1. The highest BCUT2D eigenvalue weighted by Gasteiger charge is 2.26. The zero-order valence-electron chi connectivity index (χ0n) is 18.1. The van der Waals surface area contributed by atoms with E-state index >= 15 is 0 Å². The van der Waals surface area contributed by atoms with Gasteiger partial charge in [0.2, 0.25) is 5.91 Å². The van der Waals surface area contributed by atoms with E-state index in [9.17, 15) is 14.7 Å². The molecule has 1 amide bonds. The maximum atomic E-state index is 12.1. The van der Waals surface area contributed by atoms with Crippen LogP contribution in [0, 0.1) is 11.8 Å². The molecule has 0 saturated carbocycles. The van der Waals surface area contributed by atoms with Crippen molar-refractivity contribution >= 4 is 11.7 Å². The van der Waals surface area contributed by atoms with Gasteiger partial charge in [0, 0.05) is 25.4 Å². The Morgan fingerprint density at radius 2 is 2.03 bits per heavy atom. The number of carbonyl (C=O) groups excluding carboxylic acids is 2. The summed E-state index contributed by atoms with van der Waals surface area (Å²) in [4.78, 5) is 25.8. The van der Waals surface area contributed by atoms with Crippen LogP contribution in [0.4, 0.5) is 0 Å². The van der Waals surface area contributed by atoms with Gasteiger partial charge in [0.1, 0.15) is 0 Å². The molecule has 0 aromatic carbocycles. The number of allylic oxidation sites excluding steroid dienone is 5. The molecule has 0 aromatic heterocycles. The number of unbranched alkanes of at least 4 members (excludes halogenated alkanes) is 3. The predicted molar refractivity (Wildman–Crippen MR) is 117 cm³/mol. The van der Waals surface area contributed by atoms with Crippen molar-refractivity contribution in [1.82, 2.24) is 4.90 Å². The normalized spacial score (nSPS) is 20.2. The molecule has 0 bridgehead atoms. The van der Waals surface area contributed by atoms with Crippen molar-refractivity contribution in [3.8, 4) is 0 Å². The fraction of sp³-hybridized carbons (Fsp3) is 0.667. The molecule has 5 heteroatoms. The van der Waals surface area contributed by atoms with Crippen LogP contribution in [0.3, 0.4) is 0 Å². The Morgan fingerprint density at radius 3 is 2.72 bits per heavy atom. The van der Waals surface area contributed by atoms with Crippen molar-refractivity contribution in [1.29, 1.82) is 0 Å². The highest BCUT2D eigenvalue weighted by Crippen LogP contribution is 2.27. The van der Waals surface area contributed by atoms with Gasteiger partial charge in [-0.3, -0.25) is 9.59 Å². The number of hydrogen-bond donors (Lipinski definition) is 2. The first-order chi connectivity index (χ1) is 14.0. The fourth-order valence-electron chi connectivity index (χ4n) is 3.55. The number of rotatable bonds is 15. The van der Waals surface area contributed by atoms with Crippen LogP contribution in [-0.2, 0) is 9.59 Å². The van der Waals surface area contributed by atoms with Gasteiger partial charge in [-0.25, -0.2) is 0 Å². The largest absolute Gasteiger partial charge is 0.395 e. The Balaban J connectivity index is 2.35. The molecule has 0 aliphatic heterocycles. The second-order valence-corrected chi connectivity index (χ2v) is 7.70. The summed E-state index contributed by atoms with van der Waals surface area (Å²) in [6.45, 7) is 5.07. The lowest BCUT2D eigenvalue weighted by Crippen LogP contribution is -2.33. The molecule has 164 valence electrons. The van der Waals surface area contributed by atoms with E-state index in [1.807, 2.05) is 19.1 Å². The first-order valence-corrected chi connectivity index (χ1v) is 11.2. The Hall–Kier alpha value is -1.72. The van der Waals surface area contributed by atoms with Gasteiger partial charge >= 0.3 is 0 Å². The zero-order chi connectivity index (χ0) is 21.5. The van der Waals surface area contributed by atoms with Crippen LogP contribution in [0.25, 0.3) is 0 Å². The van der Waals surface area contributed by atoms with E-state index in [1.54, 1.807) is 17.1 Å². The first-order valence-electron chi connectivity index (χ1n) is 11.2. The zero-order valence-corrected chi connectivity index (χ0v) is 18.1. The molecule has 0 unspecified atom stereocenters. The van der Waals surface area contributed by atoms with Crippen LogP contribution in [0.5, 0.6) is 0 Å². The molecule has 0 heterocycles. The van der Waals surface area contributed by atoms with Crippen LogP contribution in [0.2, 0.25) is 0 Å². The van der Waals surface area contributed by atoms with Crippen LogP contribution in [-0.4, -0.2) is 52.6 Å². The molecule has 0 saturated heterocycles. The molecule has 1 aliphatic rings. The third-order valence-corrected chi connectivity index (χ3v) is 5.38. The van der Waals surface area contributed by atoms with E-state index < -0.39 is 6.10 Å². The standard InChI is InChI=1S/C24H39NO4/c1-3-5-8-12-21(27)15-16-22-20(14-17-23(22)28)11-9-6-7-10-13-24(29)25(4-2)18-19-26/h6,9,14-17,20-22,26-27H,3-5,7-8,10-13,18-19H2,1-2H3/b9-6-,16-15+/t20-,21+,22+/m0/s1. The molecule has 1 rings (SSSR count). The van der Waals surface area contributed by atoms with Crippen LogP contribution < -0.4 is 0 Å². The summed E-state index contributed by atoms with van der Waals surface area (Å²) in [6, 6.07) is 0. The van der Waals surface area contributed by atoms with E-state index in [0.717, 1.165) is 44.9 Å². The quantitative estimate of drug-likeness (QED) is 0.321. The van der Waals surface area contributed by atoms with Crippen molar-refractivity contribution in [2.45, 2.75) is 71.3 Å². The van der Waals surface area contributed by atoms with Crippen molar-refractivity contribution < 1.29 is 19.8 Å². The summed E-state index contributed by atoms with van der Waals surface area (Å²) in [5.74, 6) is 0.148. The average Bonchev–Trinajstić information content (AvgIpc) is 3.06. The van der Waals surface area contributed by atoms with Crippen molar-refractivity contribution in [3.05, 3.63) is 36.5 Å². The minimum atomic E-state index is -0.475. The summed E-state index contributed by atoms with van der Waals surface area (Å²) >= 11 is 0. The Labute approximate surface area is 176 Å². The Morgan fingerprint density at radius 1 is 1.24 bits per heavy atom. The van der Waals surface area contributed by atoms with Gasteiger partial charge in [0.05, 0.1) is 12.7 Å². The highest BCUT2D eigenvalue weighted by atomic mass is 16.3. The van der Waals surface area contributed by atoms with Gasteiger partial charge < -0.3 is 15.1 Å². The van der Waals surface area contributed by atoms with E-state index in [-0.39, 0.29) is 30.1 Å². The lowest BCUT2D eigenvalue weighted by atomic mass is 9.90. The third kappa shape index (κ3) is 10.0. The molecule has 3 atom stereocenters. The summed E-state index contributed by atoms with van der Waals surface area (Å²) in [6.07, 6.45) is 17.8. The van der Waals surface area contributed by atoms with Gasteiger partial charge in [-0.05, 0) is 44.6 Å². The predicted octanol–water partition coefficient (Wildman–Crippen LogP) is 3.81. The summed E-state index contributed by atoms with van der Waals surface area (Å²) in [7, 11) is 0. The van der Waals surface area contributed by atoms with Crippen LogP contribution >= 0.6 is 0 Å². The molecule has 5 nitrogen and oxygen atoms in total. The van der Waals surface area contributed by atoms with Crippen molar-refractivity contribution in [2.24, 2.45) is 11.8 Å². The lowest BCUT2D eigenvalue weighted by molar-refractivity contribution is -0.131. The topological polar surface area (TPSA) is 77.8 Å². The van der Waals surface area contributed by atoms with Crippen LogP contribution in [0.1, 0.15) is 65.2 Å². The molecule has 0 spiro atoms. The number of hydrogen-bond acceptors (Lipinski definition) is 4. The van der Waals surface area contributed by atoms with Gasteiger partial charge in [-0.1, -0.05) is 56.6 Å². The minimum Gasteiger partial charge on any atom is -0.395 e. The number of nitrogens with zero attached hydrogens (tertiary/aromatic N) is 1. The van der Waals surface area contributed by atoms with Crippen molar-refractivity contribution in [2.75, 3.05) is 19.7 Å². The summed E-state index contributed by atoms with van der Waals surface area (Å²) in [5.41, 5.74) is 0. The first kappa shape index (κ1) is 25.3. The molecular weight excluding hydrogens is 366 g/mol. The second-order valence-electron chi connectivity index (χ2n) is 7.70. The SMILES string of the molecule is CCCCC[C@@H](O)/C=C/[C@H]1C(=O)C=C[C@@H]1C/C=C\CCCC(=O)N(CC)CCO. The summed E-state index contributed by atoms with van der Waals surface area (Å²) < 4.78 is 0. The minimum absolute atomic E-state index is 0.00150. The van der Waals surface area contributed by atoms with E-state index in [2.05, 4.69) is 19.1 Å². The van der Waals surface area contributed by atoms with Gasteiger partial charge in [-0.2, -0.15) is 0 Å². The number of aliphatic hydroxyl groups excluding tert-OH is 2. The molecule has 1 aliphatic carbocycles. The summed E-state index contributed by atoms with van der Waals surface area (Å²) in [5, 5.41) is 19.0. The molecule has 0 aromatic rings. The number of aliphatic hydroxyl groups is 2. The Kier molecular flexibility index (Phi) is 13.2. The van der Waals surface area contributed by atoms with Gasteiger partial charge in [0.25, 0.3) is 0 Å². The number of likely N-dealkylation sites (N-methyl/N-ethyl adjacent to an activating group) is 1. The highest BCUT2D eigenvalue weighted by molar-refractivity contribution is 5.95. The van der Waals surface area contributed by atoms with Gasteiger partial charge in [0.15, 0.2) is 5.78 Å². The van der Waals surface area contributed by atoms with E-state index in [1.165, 1.54) is 0 Å². The Bertz CT molecular complexity index is 567. The van der Waals surface area contributed by atoms with Crippen molar-refractivity contribution in [3.63, 3.8) is 0 Å². The molecule has 29 heavy (non-hydrogen) atoms. The molecule has 0 fully saturated rings. The second kappa shape index (κ2) is 15.2. The fourth-order valence-corrected chi connectivity index (χ4v) is 3.55. The van der Waals surface area contributed by atoms with Gasteiger partial charge in [-0.15, -0.1) is 0 Å². The smallest absolute Gasteiger partial charge is 0.222 e. The number of carbonyl (C=O) groups is 2. The molecule has 0 radical (unpaired) electrons. The van der Waals surface area contributed by atoms with E-state index in [4.69, 9.17) is 5.11 Å². The molecular formula is C24H39NO4. The lowest BCUT2D eigenvalue weighted by Gasteiger charge is -2.19. The monoisotopic (exact) mass is 405 g/mol. The van der Waals surface area contributed by atoms with E-state index in [0.29, 0.717) is 19.5 Å². The molecule has 2 N–H and O–H groups in total. The maximum absolute atomic E-state index is 12.1. The maximum Gasteiger partial charge on any atom is 0.222 e. The average molecular weight is 406 g/mol.